The van der Waals surface area contributed by atoms with Gasteiger partial charge in [0.25, 0.3) is 0 Å². The van der Waals surface area contributed by atoms with Crippen LogP contribution in [0.25, 0.3) is 39.7 Å². The van der Waals surface area contributed by atoms with Crippen molar-refractivity contribution in [3.05, 3.63) is 59.1 Å². The Hall–Kier alpha value is -3.65. The number of aromatic nitrogens is 4. The van der Waals surface area contributed by atoms with Crippen molar-refractivity contribution in [1.29, 1.82) is 0 Å². The molecule has 5 aromatic rings. The molecule has 0 saturated heterocycles. The fourth-order valence-electron chi connectivity index (χ4n) is 3.07. The van der Waals surface area contributed by atoms with Crippen LogP contribution in [0.5, 0.6) is 11.5 Å². The highest BCUT2D eigenvalue weighted by Crippen LogP contribution is 2.30. The molecule has 5 rings (SSSR count). The molecule has 3 aromatic heterocycles. The molecule has 29 heavy (non-hydrogen) atoms. The van der Waals surface area contributed by atoms with Gasteiger partial charge in [-0.15, -0.1) is 10.2 Å². The van der Waals surface area contributed by atoms with Crippen molar-refractivity contribution < 1.29 is 13.9 Å². The second-order valence-corrected chi connectivity index (χ2v) is 7.24. The molecular formula is C21H16N4O3S. The average molecular weight is 404 g/mol. The lowest BCUT2D eigenvalue weighted by molar-refractivity contribution is 0.355. The highest BCUT2D eigenvalue weighted by molar-refractivity contribution is 7.17. The Kier molecular flexibility index (Phi) is 4.25. The number of benzene rings is 2. The highest BCUT2D eigenvalue weighted by atomic mass is 32.1. The molecule has 0 bridgehead atoms. The zero-order chi connectivity index (χ0) is 19.8. The first-order valence-electron chi connectivity index (χ1n) is 8.86. The number of hydrogen-bond acceptors (Lipinski definition) is 7. The number of rotatable bonds is 5. The lowest BCUT2D eigenvalue weighted by Crippen LogP contribution is -1.90. The minimum atomic E-state index is 0.582. The maximum absolute atomic E-state index is 5.90. The van der Waals surface area contributed by atoms with Gasteiger partial charge >= 0.3 is 0 Å². The van der Waals surface area contributed by atoms with Gasteiger partial charge in [0, 0.05) is 5.39 Å². The van der Waals surface area contributed by atoms with Gasteiger partial charge in [0.15, 0.2) is 17.3 Å². The van der Waals surface area contributed by atoms with Crippen LogP contribution in [0.2, 0.25) is 0 Å². The van der Waals surface area contributed by atoms with E-state index in [0.717, 1.165) is 21.5 Å². The van der Waals surface area contributed by atoms with Gasteiger partial charge in [-0.3, -0.25) is 0 Å². The molecule has 0 unspecified atom stereocenters. The average Bonchev–Trinajstić information content (AvgIpc) is 3.45. The van der Waals surface area contributed by atoms with Crippen LogP contribution in [-0.2, 0) is 0 Å². The second-order valence-electron chi connectivity index (χ2n) is 6.25. The summed E-state index contributed by atoms with van der Waals surface area (Å²) in [6.45, 7) is 0. The Morgan fingerprint density at radius 1 is 0.966 bits per heavy atom. The third kappa shape index (κ3) is 3.13. The molecule has 144 valence electrons. The number of ether oxygens (including phenoxy) is 2. The predicted octanol–water partition coefficient (Wildman–Crippen LogP) is 4.79. The smallest absolute Gasteiger partial charge is 0.235 e. The molecule has 0 N–H and O–H groups in total. The van der Waals surface area contributed by atoms with Gasteiger partial charge in [-0.2, -0.15) is 9.61 Å². The van der Waals surface area contributed by atoms with E-state index in [1.165, 1.54) is 11.3 Å². The Morgan fingerprint density at radius 3 is 2.66 bits per heavy atom. The van der Waals surface area contributed by atoms with E-state index in [-0.39, 0.29) is 0 Å². The molecule has 0 radical (unpaired) electrons. The third-order valence-electron chi connectivity index (χ3n) is 4.48. The Balaban J connectivity index is 1.47. The van der Waals surface area contributed by atoms with E-state index in [1.54, 1.807) is 18.7 Å². The maximum atomic E-state index is 5.90. The van der Waals surface area contributed by atoms with Gasteiger partial charge in [0.1, 0.15) is 10.6 Å². The molecule has 0 aliphatic heterocycles. The number of nitrogens with zero attached hydrogens (tertiary/aromatic N) is 4. The van der Waals surface area contributed by atoms with Gasteiger partial charge in [-0.05, 0) is 35.9 Å². The lowest BCUT2D eigenvalue weighted by atomic mass is 10.2. The summed E-state index contributed by atoms with van der Waals surface area (Å²) in [4.78, 5) is 0.701. The Morgan fingerprint density at radius 2 is 1.83 bits per heavy atom. The van der Waals surface area contributed by atoms with Crippen molar-refractivity contribution in [2.75, 3.05) is 14.2 Å². The number of para-hydroxylation sites is 1. The fourth-order valence-corrected chi connectivity index (χ4v) is 3.81. The van der Waals surface area contributed by atoms with E-state index < -0.39 is 0 Å². The van der Waals surface area contributed by atoms with E-state index in [1.807, 2.05) is 60.7 Å². The van der Waals surface area contributed by atoms with Crippen molar-refractivity contribution in [1.82, 2.24) is 19.8 Å². The predicted molar refractivity (Wildman–Crippen MR) is 112 cm³/mol. The van der Waals surface area contributed by atoms with Gasteiger partial charge < -0.3 is 13.9 Å². The summed E-state index contributed by atoms with van der Waals surface area (Å²) in [5.74, 6) is 2.59. The number of furan rings is 1. The number of hydrogen-bond donors (Lipinski definition) is 0. The number of methoxy groups -OCH3 is 2. The van der Waals surface area contributed by atoms with E-state index in [9.17, 15) is 0 Å². The Labute approximate surface area is 169 Å². The second kappa shape index (κ2) is 7.06. The topological polar surface area (TPSA) is 74.7 Å². The summed E-state index contributed by atoms with van der Waals surface area (Å²) < 4.78 is 18.2. The van der Waals surface area contributed by atoms with Crippen molar-refractivity contribution in [3.63, 3.8) is 0 Å². The van der Waals surface area contributed by atoms with Crippen molar-refractivity contribution in [2.24, 2.45) is 0 Å². The first-order valence-corrected chi connectivity index (χ1v) is 9.68. The molecule has 0 aliphatic rings. The van der Waals surface area contributed by atoms with Crippen molar-refractivity contribution in [3.8, 4) is 23.1 Å². The summed E-state index contributed by atoms with van der Waals surface area (Å²) in [5.41, 5.74) is 1.79. The molecule has 0 amide bonds. The van der Waals surface area contributed by atoms with Crippen LogP contribution in [-0.4, -0.2) is 34.0 Å². The minimum Gasteiger partial charge on any atom is -0.493 e. The molecule has 0 saturated carbocycles. The van der Waals surface area contributed by atoms with Crippen LogP contribution < -0.4 is 9.47 Å². The maximum Gasteiger partial charge on any atom is 0.235 e. The van der Waals surface area contributed by atoms with Crippen LogP contribution in [0.4, 0.5) is 0 Å². The summed E-state index contributed by atoms with van der Waals surface area (Å²) in [6.07, 6.45) is 3.90. The van der Waals surface area contributed by atoms with E-state index in [0.29, 0.717) is 28.0 Å². The molecule has 0 spiro atoms. The fraction of sp³-hybridized carbons (Fsp3) is 0.0952. The molecular weight excluding hydrogens is 388 g/mol. The third-order valence-corrected chi connectivity index (χ3v) is 5.34. The molecule has 2 aromatic carbocycles. The first kappa shape index (κ1) is 17.4. The van der Waals surface area contributed by atoms with Crippen LogP contribution in [0.15, 0.2) is 52.9 Å². The summed E-state index contributed by atoms with van der Waals surface area (Å²) in [7, 11) is 3.24. The molecule has 0 aliphatic carbocycles. The molecule has 3 heterocycles. The van der Waals surface area contributed by atoms with Crippen LogP contribution in [0, 0.1) is 0 Å². The SMILES string of the molecule is COc1ccc(/C=C\c2nn3c(-c4cc5ccccc5o4)nnc3s2)cc1OC. The van der Waals surface area contributed by atoms with Crippen LogP contribution >= 0.6 is 11.3 Å². The molecule has 0 atom stereocenters. The lowest BCUT2D eigenvalue weighted by Gasteiger charge is -2.07. The van der Waals surface area contributed by atoms with Gasteiger partial charge in [-0.1, -0.05) is 41.7 Å². The van der Waals surface area contributed by atoms with Crippen molar-refractivity contribution in [2.45, 2.75) is 0 Å². The molecule has 7 nitrogen and oxygen atoms in total. The monoisotopic (exact) mass is 404 g/mol. The minimum absolute atomic E-state index is 0.582. The highest BCUT2D eigenvalue weighted by Gasteiger charge is 2.16. The Bertz CT molecular complexity index is 1320. The number of fused-ring (bicyclic) bond motifs is 2. The normalized spacial score (nSPS) is 11.7. The molecule has 0 fully saturated rings. The van der Waals surface area contributed by atoms with Gasteiger partial charge in [-0.25, -0.2) is 0 Å². The standard InChI is InChI=1S/C21H16N4O3S/c1-26-16-9-7-13(11-17(16)27-2)8-10-19-24-25-20(22-23-21(25)29-19)18-12-14-5-3-4-6-15(14)28-18/h3-12H,1-2H3/b10-8-. The van der Waals surface area contributed by atoms with E-state index in [2.05, 4.69) is 15.3 Å². The van der Waals surface area contributed by atoms with Crippen molar-refractivity contribution >= 4 is 39.4 Å². The first-order chi connectivity index (χ1) is 14.2. The quantitative estimate of drug-likeness (QED) is 0.419. The van der Waals surface area contributed by atoms with E-state index >= 15 is 0 Å². The van der Waals surface area contributed by atoms with E-state index in [4.69, 9.17) is 13.9 Å². The van der Waals surface area contributed by atoms with Crippen LogP contribution in [0.3, 0.4) is 0 Å². The zero-order valence-corrected chi connectivity index (χ0v) is 16.5. The van der Waals surface area contributed by atoms with Gasteiger partial charge in [0.2, 0.25) is 10.8 Å². The summed E-state index contributed by atoms with van der Waals surface area (Å²) in [6, 6.07) is 15.5. The largest absolute Gasteiger partial charge is 0.493 e. The molecule has 8 heteroatoms. The zero-order valence-electron chi connectivity index (χ0n) is 15.7. The summed E-state index contributed by atoms with van der Waals surface area (Å²) in [5, 5.41) is 14.9. The van der Waals surface area contributed by atoms with Gasteiger partial charge in [0.05, 0.1) is 14.2 Å². The van der Waals surface area contributed by atoms with Crippen LogP contribution in [0.1, 0.15) is 10.6 Å². The summed E-state index contributed by atoms with van der Waals surface area (Å²) >= 11 is 1.45.